The third-order valence-electron chi connectivity index (χ3n) is 3.42. The Labute approximate surface area is 118 Å². The number of imidazole rings is 1. The van der Waals surface area contributed by atoms with Gasteiger partial charge in [0.1, 0.15) is 6.04 Å². The molecule has 108 valence electrons. The molecule has 0 fully saturated rings. The fourth-order valence-corrected chi connectivity index (χ4v) is 2.37. The number of aromatic amines is 1. The number of fused-ring (bicyclic) bond motifs is 1. The number of aromatic nitrogens is 3. The quantitative estimate of drug-likeness (QED) is 0.789. The molecule has 2 aromatic rings. The van der Waals surface area contributed by atoms with Crippen LogP contribution < -0.4 is 0 Å². The lowest BCUT2D eigenvalue weighted by Crippen LogP contribution is -2.48. The van der Waals surface area contributed by atoms with Crippen molar-refractivity contribution in [3.63, 3.8) is 0 Å². The van der Waals surface area contributed by atoms with Crippen LogP contribution in [0.4, 0.5) is 4.39 Å². The Balaban J connectivity index is 1.95. The highest BCUT2D eigenvalue weighted by Gasteiger charge is 2.36. The molecule has 7 nitrogen and oxygen atoms in total. The summed E-state index contributed by atoms with van der Waals surface area (Å²) in [6.45, 7) is 0.0923. The molecule has 2 aromatic heterocycles. The Hall–Kier alpha value is -2.77. The zero-order valence-corrected chi connectivity index (χ0v) is 10.8. The molecule has 2 N–H and O–H groups in total. The maximum absolute atomic E-state index is 13.1. The topological polar surface area (TPSA) is 99.2 Å². The lowest BCUT2D eigenvalue weighted by atomic mass is 10.0. The van der Waals surface area contributed by atoms with E-state index in [9.17, 15) is 19.1 Å². The monoisotopic (exact) mass is 290 g/mol. The van der Waals surface area contributed by atoms with E-state index in [0.29, 0.717) is 11.4 Å². The van der Waals surface area contributed by atoms with Crippen LogP contribution in [0.15, 0.2) is 24.7 Å². The van der Waals surface area contributed by atoms with Crippen LogP contribution in [0.25, 0.3) is 0 Å². The normalized spacial score (nSPS) is 17.4. The minimum atomic E-state index is -1.12. The maximum Gasteiger partial charge on any atom is 0.326 e. The molecule has 1 aliphatic heterocycles. The molecule has 3 heterocycles. The standard InChI is InChI=1S/C13H11FN4O3/c14-11-3-7(1-2-15-11)12(19)18-5-9-8(16-6-17-9)4-10(18)13(20)21/h1-3,6,10H,4-5H2,(H,16,17)(H,20,21). The van der Waals surface area contributed by atoms with E-state index in [0.717, 1.165) is 6.07 Å². The number of H-pyrrole nitrogens is 1. The Morgan fingerprint density at radius 3 is 2.95 bits per heavy atom. The number of carboxylic acids is 1. The van der Waals surface area contributed by atoms with E-state index in [2.05, 4.69) is 15.0 Å². The number of hydrogen-bond acceptors (Lipinski definition) is 4. The number of carbonyl (C=O) groups is 2. The van der Waals surface area contributed by atoms with Crippen molar-refractivity contribution >= 4 is 11.9 Å². The van der Waals surface area contributed by atoms with Gasteiger partial charge in [0.25, 0.3) is 5.91 Å². The van der Waals surface area contributed by atoms with E-state index in [1.165, 1.54) is 23.5 Å². The molecule has 8 heteroatoms. The number of nitrogens with one attached hydrogen (secondary N) is 1. The van der Waals surface area contributed by atoms with Gasteiger partial charge in [-0.25, -0.2) is 14.8 Å². The molecule has 0 spiro atoms. The van der Waals surface area contributed by atoms with Crippen LogP contribution in [-0.4, -0.2) is 42.9 Å². The largest absolute Gasteiger partial charge is 0.480 e. The summed E-state index contributed by atoms with van der Waals surface area (Å²) >= 11 is 0. The van der Waals surface area contributed by atoms with Gasteiger partial charge >= 0.3 is 5.97 Å². The number of nitrogens with zero attached hydrogens (tertiary/aromatic N) is 3. The predicted molar refractivity (Wildman–Crippen MR) is 67.8 cm³/mol. The molecule has 1 unspecified atom stereocenters. The molecular weight excluding hydrogens is 279 g/mol. The Morgan fingerprint density at radius 1 is 1.43 bits per heavy atom. The second kappa shape index (κ2) is 4.97. The van der Waals surface area contributed by atoms with Crippen molar-refractivity contribution in [1.82, 2.24) is 19.9 Å². The van der Waals surface area contributed by atoms with Gasteiger partial charge in [-0.05, 0) is 6.07 Å². The lowest BCUT2D eigenvalue weighted by molar-refractivity contribution is -0.142. The van der Waals surface area contributed by atoms with Gasteiger partial charge in [-0.15, -0.1) is 0 Å². The zero-order valence-electron chi connectivity index (χ0n) is 10.8. The molecule has 0 aliphatic carbocycles. The van der Waals surface area contributed by atoms with Crippen LogP contribution in [0.3, 0.4) is 0 Å². The predicted octanol–water partition coefficient (Wildman–Crippen LogP) is 0.595. The SMILES string of the molecule is O=C(O)C1Cc2nc[nH]c2CN1C(=O)c1ccnc(F)c1. The van der Waals surface area contributed by atoms with Crippen LogP contribution >= 0.6 is 0 Å². The number of rotatable bonds is 2. The second-order valence-corrected chi connectivity index (χ2v) is 4.69. The molecule has 3 rings (SSSR count). The lowest BCUT2D eigenvalue weighted by Gasteiger charge is -2.32. The van der Waals surface area contributed by atoms with Crippen molar-refractivity contribution in [1.29, 1.82) is 0 Å². The van der Waals surface area contributed by atoms with Crippen molar-refractivity contribution in [3.05, 3.63) is 47.6 Å². The molecule has 1 atom stereocenters. The number of carboxylic acid groups (broad SMARTS) is 1. The summed E-state index contributed by atoms with van der Waals surface area (Å²) in [4.78, 5) is 35.3. The first-order chi connectivity index (χ1) is 10.1. The van der Waals surface area contributed by atoms with Crippen molar-refractivity contribution in [3.8, 4) is 0 Å². The van der Waals surface area contributed by atoms with E-state index in [1.54, 1.807) is 0 Å². The summed E-state index contributed by atoms with van der Waals surface area (Å²) < 4.78 is 13.1. The Morgan fingerprint density at radius 2 is 2.24 bits per heavy atom. The molecule has 0 aromatic carbocycles. The van der Waals surface area contributed by atoms with Gasteiger partial charge in [0.2, 0.25) is 5.95 Å². The highest BCUT2D eigenvalue weighted by molar-refractivity contribution is 5.96. The highest BCUT2D eigenvalue weighted by Crippen LogP contribution is 2.23. The van der Waals surface area contributed by atoms with E-state index in [1.807, 2.05) is 0 Å². The van der Waals surface area contributed by atoms with Crippen LogP contribution in [0.2, 0.25) is 0 Å². The number of carbonyl (C=O) groups excluding carboxylic acids is 1. The van der Waals surface area contributed by atoms with Gasteiger partial charge in [0.05, 0.1) is 24.3 Å². The van der Waals surface area contributed by atoms with Gasteiger partial charge in [-0.1, -0.05) is 0 Å². The van der Waals surface area contributed by atoms with E-state index < -0.39 is 23.9 Å². The fourth-order valence-electron chi connectivity index (χ4n) is 2.37. The van der Waals surface area contributed by atoms with Crippen molar-refractivity contribution in [2.24, 2.45) is 0 Å². The van der Waals surface area contributed by atoms with Gasteiger partial charge in [0.15, 0.2) is 0 Å². The van der Waals surface area contributed by atoms with Crippen molar-refractivity contribution in [2.45, 2.75) is 19.0 Å². The average Bonchev–Trinajstić information content (AvgIpc) is 2.92. The zero-order chi connectivity index (χ0) is 15.0. The minimum absolute atomic E-state index is 0.0664. The number of halogens is 1. The molecule has 0 saturated carbocycles. The van der Waals surface area contributed by atoms with E-state index >= 15 is 0 Å². The minimum Gasteiger partial charge on any atom is -0.480 e. The highest BCUT2D eigenvalue weighted by atomic mass is 19.1. The molecule has 0 radical (unpaired) electrons. The number of hydrogen-bond donors (Lipinski definition) is 2. The van der Waals surface area contributed by atoms with Crippen LogP contribution in [-0.2, 0) is 17.8 Å². The molecule has 1 aliphatic rings. The van der Waals surface area contributed by atoms with Crippen LogP contribution in [0.1, 0.15) is 21.7 Å². The first-order valence-electron chi connectivity index (χ1n) is 6.22. The molecule has 1 amide bonds. The molecule has 21 heavy (non-hydrogen) atoms. The summed E-state index contributed by atoms with van der Waals surface area (Å²) in [5, 5.41) is 9.30. The van der Waals surface area contributed by atoms with E-state index in [4.69, 9.17) is 0 Å². The smallest absolute Gasteiger partial charge is 0.326 e. The molecule has 0 saturated heterocycles. The van der Waals surface area contributed by atoms with Gasteiger partial charge in [-0.2, -0.15) is 4.39 Å². The first kappa shape index (κ1) is 13.2. The fraction of sp³-hybridized carbons (Fsp3) is 0.231. The van der Waals surface area contributed by atoms with Gasteiger partial charge in [-0.3, -0.25) is 4.79 Å². The van der Waals surface area contributed by atoms with Crippen LogP contribution in [0, 0.1) is 5.95 Å². The molecule has 0 bridgehead atoms. The third kappa shape index (κ3) is 2.35. The van der Waals surface area contributed by atoms with Crippen LogP contribution in [0.5, 0.6) is 0 Å². The summed E-state index contributed by atoms with van der Waals surface area (Å²) in [6.07, 6.45) is 2.75. The Kier molecular flexibility index (Phi) is 3.13. The number of aliphatic carboxylic acids is 1. The summed E-state index contributed by atoms with van der Waals surface area (Å²) in [5.41, 5.74) is 1.39. The third-order valence-corrected chi connectivity index (χ3v) is 3.42. The number of pyridine rings is 1. The first-order valence-corrected chi connectivity index (χ1v) is 6.22. The van der Waals surface area contributed by atoms with Gasteiger partial charge < -0.3 is 15.0 Å². The summed E-state index contributed by atoms with van der Waals surface area (Å²) in [7, 11) is 0. The maximum atomic E-state index is 13.1. The van der Waals surface area contributed by atoms with E-state index in [-0.39, 0.29) is 18.5 Å². The van der Waals surface area contributed by atoms with Crippen molar-refractivity contribution in [2.75, 3.05) is 0 Å². The Bertz CT molecular complexity index is 715. The summed E-state index contributed by atoms with van der Waals surface area (Å²) in [6, 6.07) is 1.32. The average molecular weight is 290 g/mol. The number of amides is 1. The van der Waals surface area contributed by atoms with Gasteiger partial charge in [0, 0.05) is 24.2 Å². The summed E-state index contributed by atoms with van der Waals surface area (Å²) in [5.74, 6) is -2.46. The molecular formula is C13H11FN4O3. The van der Waals surface area contributed by atoms with Crippen molar-refractivity contribution < 1.29 is 19.1 Å². The second-order valence-electron chi connectivity index (χ2n) is 4.69.